The summed E-state index contributed by atoms with van der Waals surface area (Å²) >= 11 is 0. The van der Waals surface area contributed by atoms with Crippen LogP contribution in [0.5, 0.6) is 0 Å². The number of hydrogen-bond acceptors (Lipinski definition) is 2. The molecule has 2 heteroatoms. The van der Waals surface area contributed by atoms with Crippen molar-refractivity contribution in [1.29, 1.82) is 0 Å². The Kier molecular flexibility index (Phi) is 7.00. The second kappa shape index (κ2) is 7.79. The third kappa shape index (κ3) is 5.37. The van der Waals surface area contributed by atoms with Crippen molar-refractivity contribution >= 4 is 0 Å². The Morgan fingerprint density at radius 1 is 1.20 bits per heavy atom. The standard InChI is InChI=1S/C18H38N2/c1-8-15(4)16-13-20(11-9-10-14(2)3)17(12-19-16)18(5,6)7/h14-17,19H,8-13H2,1-7H3. The van der Waals surface area contributed by atoms with Crippen molar-refractivity contribution in [2.45, 2.75) is 79.8 Å². The molecule has 1 rings (SSSR count). The van der Waals surface area contributed by atoms with E-state index in [1.165, 1.54) is 32.4 Å². The summed E-state index contributed by atoms with van der Waals surface area (Å²) in [5.41, 5.74) is 0.366. The number of nitrogens with one attached hydrogen (secondary N) is 1. The van der Waals surface area contributed by atoms with E-state index in [1.807, 2.05) is 0 Å². The second-order valence-electron chi connectivity index (χ2n) is 8.31. The van der Waals surface area contributed by atoms with Crippen molar-refractivity contribution in [2.24, 2.45) is 17.3 Å². The molecule has 0 aromatic rings. The lowest BCUT2D eigenvalue weighted by molar-refractivity contribution is 0.0422. The summed E-state index contributed by atoms with van der Waals surface area (Å²) in [7, 11) is 0. The summed E-state index contributed by atoms with van der Waals surface area (Å²) in [5.74, 6) is 1.61. The van der Waals surface area contributed by atoms with Gasteiger partial charge >= 0.3 is 0 Å². The molecule has 1 aliphatic rings. The van der Waals surface area contributed by atoms with Gasteiger partial charge in [0, 0.05) is 25.2 Å². The van der Waals surface area contributed by atoms with Crippen LogP contribution in [0.4, 0.5) is 0 Å². The summed E-state index contributed by atoms with van der Waals surface area (Å²) in [6.45, 7) is 20.2. The Labute approximate surface area is 127 Å². The fourth-order valence-corrected chi connectivity index (χ4v) is 3.31. The van der Waals surface area contributed by atoms with Gasteiger partial charge in [0.2, 0.25) is 0 Å². The summed E-state index contributed by atoms with van der Waals surface area (Å²) in [5, 5.41) is 3.81. The third-order valence-corrected chi connectivity index (χ3v) is 5.00. The van der Waals surface area contributed by atoms with Crippen LogP contribution in [0.25, 0.3) is 0 Å². The summed E-state index contributed by atoms with van der Waals surface area (Å²) < 4.78 is 0. The largest absolute Gasteiger partial charge is 0.311 e. The lowest BCUT2D eigenvalue weighted by atomic mass is 9.82. The molecular weight excluding hydrogens is 244 g/mol. The van der Waals surface area contributed by atoms with E-state index in [2.05, 4.69) is 58.7 Å². The van der Waals surface area contributed by atoms with Gasteiger partial charge in [0.1, 0.15) is 0 Å². The molecule has 0 spiro atoms. The van der Waals surface area contributed by atoms with Gasteiger partial charge in [-0.25, -0.2) is 0 Å². The molecule has 120 valence electrons. The third-order valence-electron chi connectivity index (χ3n) is 5.00. The number of piperazine rings is 1. The van der Waals surface area contributed by atoms with E-state index in [9.17, 15) is 0 Å². The normalized spacial score (nSPS) is 27.0. The molecule has 0 bridgehead atoms. The highest BCUT2D eigenvalue weighted by Gasteiger charge is 2.36. The van der Waals surface area contributed by atoms with Crippen molar-refractivity contribution in [2.75, 3.05) is 19.6 Å². The van der Waals surface area contributed by atoms with Crippen LogP contribution in [-0.4, -0.2) is 36.6 Å². The fourth-order valence-electron chi connectivity index (χ4n) is 3.31. The highest BCUT2D eigenvalue weighted by atomic mass is 15.2. The molecular formula is C18H38N2. The van der Waals surface area contributed by atoms with Gasteiger partial charge in [-0.15, -0.1) is 0 Å². The molecule has 0 radical (unpaired) electrons. The minimum atomic E-state index is 0.366. The van der Waals surface area contributed by atoms with Crippen molar-refractivity contribution in [3.05, 3.63) is 0 Å². The minimum absolute atomic E-state index is 0.366. The first-order valence-electron chi connectivity index (χ1n) is 8.73. The van der Waals surface area contributed by atoms with Gasteiger partial charge in [-0.05, 0) is 36.6 Å². The molecule has 1 N–H and O–H groups in total. The average molecular weight is 283 g/mol. The van der Waals surface area contributed by atoms with Gasteiger partial charge in [0.15, 0.2) is 0 Å². The molecule has 0 saturated carbocycles. The second-order valence-corrected chi connectivity index (χ2v) is 8.31. The van der Waals surface area contributed by atoms with E-state index in [1.54, 1.807) is 0 Å². The van der Waals surface area contributed by atoms with Crippen LogP contribution in [0.15, 0.2) is 0 Å². The van der Waals surface area contributed by atoms with Crippen molar-refractivity contribution in [3.8, 4) is 0 Å². The molecule has 1 fully saturated rings. The van der Waals surface area contributed by atoms with E-state index in [0.29, 0.717) is 17.5 Å². The van der Waals surface area contributed by atoms with Gasteiger partial charge in [0.05, 0.1) is 0 Å². The van der Waals surface area contributed by atoms with E-state index < -0.39 is 0 Å². The zero-order valence-corrected chi connectivity index (χ0v) is 15.0. The van der Waals surface area contributed by atoms with Crippen LogP contribution in [0.1, 0.15) is 67.7 Å². The molecule has 0 aromatic heterocycles. The smallest absolute Gasteiger partial charge is 0.0269 e. The molecule has 0 aromatic carbocycles. The molecule has 3 unspecified atom stereocenters. The first-order chi connectivity index (χ1) is 9.25. The molecule has 2 nitrogen and oxygen atoms in total. The SMILES string of the molecule is CCC(C)C1CN(CCCC(C)C)C(C(C)(C)C)CN1. The molecule has 0 aliphatic carbocycles. The van der Waals surface area contributed by atoms with Crippen molar-refractivity contribution in [1.82, 2.24) is 10.2 Å². The van der Waals surface area contributed by atoms with Gasteiger partial charge in [-0.2, -0.15) is 0 Å². The Bertz CT molecular complexity index is 267. The Balaban J connectivity index is 2.63. The molecule has 1 aliphatic heterocycles. The highest BCUT2D eigenvalue weighted by Crippen LogP contribution is 2.28. The monoisotopic (exact) mass is 282 g/mol. The summed E-state index contributed by atoms with van der Waals surface area (Å²) in [6.07, 6.45) is 3.98. The van der Waals surface area contributed by atoms with E-state index in [4.69, 9.17) is 0 Å². The Morgan fingerprint density at radius 2 is 1.85 bits per heavy atom. The van der Waals surface area contributed by atoms with Gasteiger partial charge in [-0.1, -0.05) is 54.9 Å². The summed E-state index contributed by atoms with van der Waals surface area (Å²) in [6, 6.07) is 1.35. The zero-order valence-electron chi connectivity index (χ0n) is 15.0. The first kappa shape index (κ1) is 18.0. The minimum Gasteiger partial charge on any atom is -0.311 e. The molecule has 3 atom stereocenters. The van der Waals surface area contributed by atoms with Gasteiger partial charge < -0.3 is 5.32 Å². The number of rotatable bonds is 6. The molecule has 0 amide bonds. The van der Waals surface area contributed by atoms with E-state index in [-0.39, 0.29) is 0 Å². The molecule has 20 heavy (non-hydrogen) atoms. The maximum absolute atomic E-state index is 3.81. The van der Waals surface area contributed by atoms with Crippen molar-refractivity contribution < 1.29 is 0 Å². The quantitative estimate of drug-likeness (QED) is 0.787. The highest BCUT2D eigenvalue weighted by molar-refractivity contribution is 4.93. The predicted molar refractivity (Wildman–Crippen MR) is 90.1 cm³/mol. The lowest BCUT2D eigenvalue weighted by Crippen LogP contribution is -2.62. The first-order valence-corrected chi connectivity index (χ1v) is 8.73. The number of nitrogens with zero attached hydrogens (tertiary/aromatic N) is 1. The van der Waals surface area contributed by atoms with Crippen LogP contribution < -0.4 is 5.32 Å². The Morgan fingerprint density at radius 3 is 2.35 bits per heavy atom. The van der Waals surface area contributed by atoms with Crippen LogP contribution in [0.3, 0.4) is 0 Å². The van der Waals surface area contributed by atoms with Crippen LogP contribution in [-0.2, 0) is 0 Å². The van der Waals surface area contributed by atoms with Crippen molar-refractivity contribution in [3.63, 3.8) is 0 Å². The molecule has 1 saturated heterocycles. The van der Waals surface area contributed by atoms with E-state index >= 15 is 0 Å². The van der Waals surface area contributed by atoms with Crippen LogP contribution >= 0.6 is 0 Å². The topological polar surface area (TPSA) is 15.3 Å². The van der Waals surface area contributed by atoms with E-state index in [0.717, 1.165) is 18.4 Å². The number of hydrogen-bond donors (Lipinski definition) is 1. The molecule has 1 heterocycles. The fraction of sp³-hybridized carbons (Fsp3) is 1.00. The van der Waals surface area contributed by atoms with Gasteiger partial charge in [-0.3, -0.25) is 4.90 Å². The zero-order chi connectivity index (χ0) is 15.3. The predicted octanol–water partition coefficient (Wildman–Crippen LogP) is 4.16. The van der Waals surface area contributed by atoms with Crippen LogP contribution in [0.2, 0.25) is 0 Å². The van der Waals surface area contributed by atoms with Gasteiger partial charge in [0.25, 0.3) is 0 Å². The maximum Gasteiger partial charge on any atom is 0.0269 e. The van der Waals surface area contributed by atoms with Crippen LogP contribution in [0, 0.1) is 17.3 Å². The average Bonchev–Trinajstić information content (AvgIpc) is 2.36. The maximum atomic E-state index is 3.81. The Hall–Kier alpha value is -0.0800. The summed E-state index contributed by atoms with van der Waals surface area (Å²) in [4.78, 5) is 2.77. The lowest BCUT2D eigenvalue weighted by Gasteiger charge is -2.48.